The van der Waals surface area contributed by atoms with Gasteiger partial charge >= 0.3 is 0 Å². The van der Waals surface area contributed by atoms with Gasteiger partial charge in [-0.3, -0.25) is 0 Å². The smallest absolute Gasteiger partial charge is 0.194 e. The number of hydrogen-bond acceptors (Lipinski definition) is 2. The second-order valence-electron chi connectivity index (χ2n) is 5.44. The summed E-state index contributed by atoms with van der Waals surface area (Å²) in [6.45, 7) is 8.60. The molecule has 1 aromatic carbocycles. The number of benzene rings is 1. The first-order chi connectivity index (χ1) is 10.7. The van der Waals surface area contributed by atoms with E-state index in [4.69, 9.17) is 9.73 Å². The maximum Gasteiger partial charge on any atom is 0.194 e. The summed E-state index contributed by atoms with van der Waals surface area (Å²) in [6, 6.07) is 8.32. The molecule has 0 aliphatic carbocycles. The topological polar surface area (TPSA) is 36.9 Å². The third-order valence-electron chi connectivity index (χ3n) is 3.78. The molecule has 0 bridgehead atoms. The van der Waals surface area contributed by atoms with Crippen LogP contribution in [0.1, 0.15) is 32.3 Å². The zero-order valence-corrected chi connectivity index (χ0v) is 15.1. The van der Waals surface area contributed by atoms with E-state index in [0.29, 0.717) is 12.6 Å². The van der Waals surface area contributed by atoms with Gasteiger partial charge in [-0.25, -0.2) is 4.99 Å². The molecule has 0 spiro atoms. The van der Waals surface area contributed by atoms with Gasteiger partial charge in [0.05, 0.1) is 12.6 Å². The molecule has 1 N–H and O–H groups in total. The number of piperidine rings is 1. The van der Waals surface area contributed by atoms with Gasteiger partial charge in [-0.15, -0.1) is 0 Å². The minimum Gasteiger partial charge on any atom is -0.378 e. The van der Waals surface area contributed by atoms with Crippen molar-refractivity contribution in [3.05, 3.63) is 34.3 Å². The van der Waals surface area contributed by atoms with Crippen molar-refractivity contribution in [3.8, 4) is 0 Å². The maximum atomic E-state index is 5.72. The highest BCUT2D eigenvalue weighted by atomic mass is 79.9. The molecule has 4 nitrogen and oxygen atoms in total. The monoisotopic (exact) mass is 367 g/mol. The quantitative estimate of drug-likeness (QED) is 0.639. The lowest BCUT2D eigenvalue weighted by Gasteiger charge is -2.34. The molecular formula is C17H26BrN3O. The lowest BCUT2D eigenvalue weighted by atomic mass is 10.1. The average Bonchev–Trinajstić information content (AvgIpc) is 2.53. The fourth-order valence-electron chi connectivity index (χ4n) is 2.70. The Morgan fingerprint density at radius 2 is 2.14 bits per heavy atom. The molecule has 0 atom stereocenters. The van der Waals surface area contributed by atoms with Crippen LogP contribution in [0.25, 0.3) is 0 Å². The van der Waals surface area contributed by atoms with Crippen molar-refractivity contribution in [1.29, 1.82) is 0 Å². The first kappa shape index (κ1) is 17.3. The van der Waals surface area contributed by atoms with Gasteiger partial charge in [0.15, 0.2) is 5.96 Å². The number of nitrogens with zero attached hydrogens (tertiary/aromatic N) is 2. The van der Waals surface area contributed by atoms with Crippen LogP contribution in [0, 0.1) is 0 Å². The van der Waals surface area contributed by atoms with Crippen molar-refractivity contribution in [3.63, 3.8) is 0 Å². The fraction of sp³-hybridized carbons (Fsp3) is 0.588. The van der Waals surface area contributed by atoms with Crippen molar-refractivity contribution in [1.82, 2.24) is 10.2 Å². The predicted octanol–water partition coefficient (Wildman–Crippen LogP) is 3.42. The molecule has 0 aromatic heterocycles. The third-order valence-corrected chi connectivity index (χ3v) is 4.27. The molecule has 0 amide bonds. The SMILES string of the molecule is CCNC(=NCc1cccc(Br)c1)N1CCC(OCC)CC1. The molecule has 1 heterocycles. The molecular weight excluding hydrogens is 342 g/mol. The molecule has 1 aliphatic rings. The summed E-state index contributed by atoms with van der Waals surface area (Å²) >= 11 is 3.51. The molecule has 1 aromatic rings. The molecule has 0 radical (unpaired) electrons. The lowest BCUT2D eigenvalue weighted by Crippen LogP contribution is -2.47. The van der Waals surface area contributed by atoms with Crippen LogP contribution in [0.15, 0.2) is 33.7 Å². The van der Waals surface area contributed by atoms with E-state index < -0.39 is 0 Å². The zero-order chi connectivity index (χ0) is 15.8. The Labute approximate surface area is 142 Å². The van der Waals surface area contributed by atoms with Crippen LogP contribution in [-0.2, 0) is 11.3 Å². The molecule has 122 valence electrons. The van der Waals surface area contributed by atoms with Crippen molar-refractivity contribution < 1.29 is 4.74 Å². The van der Waals surface area contributed by atoms with Gasteiger partial charge < -0.3 is 15.0 Å². The van der Waals surface area contributed by atoms with Crippen LogP contribution < -0.4 is 5.32 Å². The highest BCUT2D eigenvalue weighted by Gasteiger charge is 2.21. The first-order valence-electron chi connectivity index (χ1n) is 8.12. The van der Waals surface area contributed by atoms with E-state index in [0.717, 1.165) is 49.5 Å². The summed E-state index contributed by atoms with van der Waals surface area (Å²) < 4.78 is 6.82. The van der Waals surface area contributed by atoms with Crippen LogP contribution in [-0.4, -0.2) is 43.2 Å². The van der Waals surface area contributed by atoms with Crippen molar-refractivity contribution in [2.45, 2.75) is 39.3 Å². The van der Waals surface area contributed by atoms with Gasteiger partial charge in [0.1, 0.15) is 0 Å². The minimum absolute atomic E-state index is 0.411. The van der Waals surface area contributed by atoms with Gasteiger partial charge in [0, 0.05) is 30.7 Å². The molecule has 5 heteroatoms. The second kappa shape index (κ2) is 9.16. The standard InChI is InChI=1S/C17H26BrN3O/c1-3-19-17(20-13-14-6-5-7-15(18)12-14)21-10-8-16(9-11-21)22-4-2/h5-7,12,16H,3-4,8-11,13H2,1-2H3,(H,19,20). The molecule has 2 rings (SSSR count). The Hall–Kier alpha value is -1.07. The summed E-state index contributed by atoms with van der Waals surface area (Å²) in [4.78, 5) is 7.13. The molecule has 0 unspecified atom stereocenters. The number of aliphatic imine (C=N–C) groups is 1. The molecule has 0 saturated carbocycles. The Morgan fingerprint density at radius 1 is 1.36 bits per heavy atom. The van der Waals surface area contributed by atoms with Gasteiger partial charge in [-0.2, -0.15) is 0 Å². The van der Waals surface area contributed by atoms with Crippen molar-refractivity contribution >= 4 is 21.9 Å². The molecule has 22 heavy (non-hydrogen) atoms. The highest BCUT2D eigenvalue weighted by molar-refractivity contribution is 9.10. The number of hydrogen-bond donors (Lipinski definition) is 1. The average molecular weight is 368 g/mol. The number of halogens is 1. The van der Waals surface area contributed by atoms with Gasteiger partial charge in [-0.1, -0.05) is 28.1 Å². The molecule has 1 fully saturated rings. The van der Waals surface area contributed by atoms with Crippen LogP contribution >= 0.6 is 15.9 Å². The minimum atomic E-state index is 0.411. The van der Waals surface area contributed by atoms with Crippen molar-refractivity contribution in [2.24, 2.45) is 4.99 Å². The van der Waals surface area contributed by atoms with E-state index in [2.05, 4.69) is 58.2 Å². The molecule has 1 aliphatic heterocycles. The van der Waals surface area contributed by atoms with E-state index in [1.807, 2.05) is 6.07 Å². The maximum absolute atomic E-state index is 5.72. The summed E-state index contributed by atoms with van der Waals surface area (Å²) in [5, 5.41) is 3.41. The van der Waals surface area contributed by atoms with Gasteiger partial charge in [-0.05, 0) is 44.4 Å². The Bertz CT molecular complexity index is 485. The van der Waals surface area contributed by atoms with E-state index in [-0.39, 0.29) is 0 Å². The van der Waals surface area contributed by atoms with Gasteiger partial charge in [0.2, 0.25) is 0 Å². The summed E-state index contributed by atoms with van der Waals surface area (Å²) in [5.41, 5.74) is 1.22. The Balaban J connectivity index is 1.96. The Morgan fingerprint density at radius 3 is 2.77 bits per heavy atom. The number of guanidine groups is 1. The van der Waals surface area contributed by atoms with Crippen LogP contribution in [0.2, 0.25) is 0 Å². The number of ether oxygens (including phenoxy) is 1. The zero-order valence-electron chi connectivity index (χ0n) is 13.5. The third kappa shape index (κ3) is 5.29. The lowest BCUT2D eigenvalue weighted by molar-refractivity contribution is 0.0263. The number of nitrogens with one attached hydrogen (secondary N) is 1. The van der Waals surface area contributed by atoms with Crippen LogP contribution in [0.5, 0.6) is 0 Å². The Kier molecular flexibility index (Phi) is 7.19. The van der Waals surface area contributed by atoms with E-state index in [1.54, 1.807) is 0 Å². The molecule has 1 saturated heterocycles. The second-order valence-corrected chi connectivity index (χ2v) is 6.36. The predicted molar refractivity (Wildman–Crippen MR) is 95.2 cm³/mol. The first-order valence-corrected chi connectivity index (χ1v) is 8.91. The van der Waals surface area contributed by atoms with Gasteiger partial charge in [0.25, 0.3) is 0 Å². The summed E-state index contributed by atoms with van der Waals surface area (Å²) in [5.74, 6) is 1.01. The fourth-order valence-corrected chi connectivity index (χ4v) is 3.14. The highest BCUT2D eigenvalue weighted by Crippen LogP contribution is 2.15. The summed E-state index contributed by atoms with van der Waals surface area (Å²) in [6.07, 6.45) is 2.57. The van der Waals surface area contributed by atoms with E-state index >= 15 is 0 Å². The number of rotatable bonds is 5. The van der Waals surface area contributed by atoms with E-state index in [1.165, 1.54) is 5.56 Å². The van der Waals surface area contributed by atoms with Crippen molar-refractivity contribution in [2.75, 3.05) is 26.2 Å². The normalized spacial score (nSPS) is 16.9. The largest absolute Gasteiger partial charge is 0.378 e. The van der Waals surface area contributed by atoms with E-state index in [9.17, 15) is 0 Å². The number of likely N-dealkylation sites (tertiary alicyclic amines) is 1. The van der Waals surface area contributed by atoms with Crippen LogP contribution in [0.3, 0.4) is 0 Å². The summed E-state index contributed by atoms with van der Waals surface area (Å²) in [7, 11) is 0. The van der Waals surface area contributed by atoms with Crippen LogP contribution in [0.4, 0.5) is 0 Å².